The van der Waals surface area contributed by atoms with Crippen LogP contribution in [0.15, 0.2) is 47.5 Å². The lowest BCUT2D eigenvalue weighted by Gasteiger charge is -2.03. The molecule has 1 heterocycles. The summed E-state index contributed by atoms with van der Waals surface area (Å²) in [6.45, 7) is 4.77. The number of nitrogens with zero attached hydrogens (tertiary/aromatic N) is 2. The van der Waals surface area contributed by atoms with Gasteiger partial charge in [0.15, 0.2) is 4.80 Å². The van der Waals surface area contributed by atoms with Gasteiger partial charge in [-0.05, 0) is 56.3 Å². The summed E-state index contributed by atoms with van der Waals surface area (Å²) in [6, 6.07) is 12.0. The highest BCUT2D eigenvalue weighted by atomic mass is 32.1. The molecule has 0 saturated carbocycles. The molecule has 3 aromatic rings. The lowest BCUT2D eigenvalue weighted by molar-refractivity contribution is 0.0526. The number of fused-ring (bicyclic) bond motifs is 1. The van der Waals surface area contributed by atoms with Crippen molar-refractivity contribution in [2.45, 2.75) is 20.4 Å². The number of carbonyl (C=O) groups excluding carboxylic acids is 2. The topological polar surface area (TPSA) is 69.9 Å². The maximum absolute atomic E-state index is 12.6. The van der Waals surface area contributed by atoms with Crippen LogP contribution in [0.4, 0.5) is 0 Å². The summed E-state index contributed by atoms with van der Waals surface area (Å²) in [5.41, 5.74) is 1.70. The largest absolute Gasteiger partial charge is 0.494 e. The maximum Gasteiger partial charge on any atom is 0.338 e. The summed E-state index contributed by atoms with van der Waals surface area (Å²) in [7, 11) is 0. The monoisotopic (exact) mass is 408 g/mol. The van der Waals surface area contributed by atoms with Crippen LogP contribution in [-0.4, -0.2) is 29.7 Å². The zero-order chi connectivity index (χ0) is 20.8. The van der Waals surface area contributed by atoms with Crippen LogP contribution >= 0.6 is 11.3 Å². The molecule has 0 aliphatic heterocycles. The quantitative estimate of drug-likeness (QED) is 0.461. The predicted octanol–water partition coefficient (Wildman–Crippen LogP) is 3.65. The highest BCUT2D eigenvalue weighted by Gasteiger charge is 2.13. The summed E-state index contributed by atoms with van der Waals surface area (Å²) >= 11 is 1.30. The number of hydrogen-bond donors (Lipinski definition) is 0. The van der Waals surface area contributed by atoms with Crippen LogP contribution in [0.1, 0.15) is 34.6 Å². The van der Waals surface area contributed by atoms with Crippen LogP contribution in [0.2, 0.25) is 0 Å². The molecule has 3 rings (SSSR count). The van der Waals surface area contributed by atoms with Crippen LogP contribution < -0.4 is 9.54 Å². The number of terminal acetylenes is 1. The number of hydrogen-bond acceptors (Lipinski definition) is 5. The maximum atomic E-state index is 12.6. The zero-order valence-electron chi connectivity index (χ0n) is 16.2. The Hall–Kier alpha value is -3.37. The van der Waals surface area contributed by atoms with Gasteiger partial charge in [0.1, 0.15) is 5.75 Å². The Morgan fingerprint density at radius 3 is 2.48 bits per heavy atom. The second-order valence-electron chi connectivity index (χ2n) is 5.95. The van der Waals surface area contributed by atoms with Crippen molar-refractivity contribution in [2.24, 2.45) is 4.99 Å². The molecule has 0 aliphatic rings. The van der Waals surface area contributed by atoms with Crippen molar-refractivity contribution in [3.05, 3.63) is 58.4 Å². The van der Waals surface area contributed by atoms with Crippen molar-refractivity contribution in [2.75, 3.05) is 13.2 Å². The molecule has 0 aliphatic carbocycles. The lowest BCUT2D eigenvalue weighted by Crippen LogP contribution is -2.16. The summed E-state index contributed by atoms with van der Waals surface area (Å²) in [5, 5.41) is 0. The third-order valence-electron chi connectivity index (χ3n) is 4.05. The van der Waals surface area contributed by atoms with Crippen molar-refractivity contribution in [1.82, 2.24) is 4.57 Å². The fourth-order valence-electron chi connectivity index (χ4n) is 2.76. The highest BCUT2D eigenvalue weighted by molar-refractivity contribution is 7.16. The van der Waals surface area contributed by atoms with Gasteiger partial charge in [-0.3, -0.25) is 4.79 Å². The number of aromatic nitrogens is 1. The minimum Gasteiger partial charge on any atom is -0.494 e. The average Bonchev–Trinajstić information content (AvgIpc) is 3.05. The minimum absolute atomic E-state index is 0.258. The van der Waals surface area contributed by atoms with E-state index >= 15 is 0 Å². The molecule has 7 heteroatoms. The van der Waals surface area contributed by atoms with Gasteiger partial charge in [-0.25, -0.2) is 4.79 Å². The molecular weight excluding hydrogens is 388 g/mol. The fraction of sp³-hybridized carbons (Fsp3) is 0.227. The van der Waals surface area contributed by atoms with Gasteiger partial charge in [0.2, 0.25) is 0 Å². The Labute approximate surface area is 172 Å². The van der Waals surface area contributed by atoms with Crippen molar-refractivity contribution in [3.8, 4) is 18.1 Å². The SMILES string of the molecule is C#CCn1c(=NC(=O)c2ccc(OCC)cc2)sc2cc(C(=O)OCC)ccc21. The van der Waals surface area contributed by atoms with Gasteiger partial charge >= 0.3 is 5.97 Å². The van der Waals surface area contributed by atoms with E-state index in [1.54, 1.807) is 54.0 Å². The Balaban J connectivity index is 2.02. The highest BCUT2D eigenvalue weighted by Crippen LogP contribution is 2.20. The first kappa shape index (κ1) is 20.4. The Morgan fingerprint density at radius 1 is 1.10 bits per heavy atom. The average molecular weight is 408 g/mol. The molecule has 1 aromatic heterocycles. The second kappa shape index (κ2) is 9.22. The van der Waals surface area contributed by atoms with Gasteiger partial charge in [-0.2, -0.15) is 4.99 Å². The first-order valence-corrected chi connectivity index (χ1v) is 9.95. The molecule has 0 bridgehead atoms. The smallest absolute Gasteiger partial charge is 0.338 e. The van der Waals surface area contributed by atoms with Crippen molar-refractivity contribution in [3.63, 3.8) is 0 Å². The number of benzene rings is 2. The van der Waals surface area contributed by atoms with Gasteiger partial charge in [0.05, 0.1) is 35.5 Å². The minimum atomic E-state index is -0.393. The molecular formula is C22H20N2O4S. The third kappa shape index (κ3) is 4.55. The van der Waals surface area contributed by atoms with Gasteiger partial charge in [0, 0.05) is 5.56 Å². The molecule has 0 saturated heterocycles. The van der Waals surface area contributed by atoms with Crippen LogP contribution in [0, 0.1) is 12.3 Å². The van der Waals surface area contributed by atoms with Gasteiger partial charge in [0.25, 0.3) is 5.91 Å². The van der Waals surface area contributed by atoms with E-state index < -0.39 is 5.97 Å². The number of ether oxygens (including phenoxy) is 2. The predicted molar refractivity (Wildman–Crippen MR) is 112 cm³/mol. The number of carbonyl (C=O) groups is 2. The van der Waals surface area contributed by atoms with Gasteiger partial charge in [-0.15, -0.1) is 6.42 Å². The van der Waals surface area contributed by atoms with Crippen LogP contribution in [0.5, 0.6) is 5.75 Å². The van der Waals surface area contributed by atoms with Crippen molar-refractivity contribution in [1.29, 1.82) is 0 Å². The molecule has 2 aromatic carbocycles. The van der Waals surface area contributed by atoms with E-state index in [2.05, 4.69) is 10.9 Å². The van der Waals surface area contributed by atoms with Crippen LogP contribution in [-0.2, 0) is 11.3 Å². The Kier molecular flexibility index (Phi) is 6.47. The number of rotatable bonds is 6. The molecule has 29 heavy (non-hydrogen) atoms. The Morgan fingerprint density at radius 2 is 1.83 bits per heavy atom. The number of esters is 1. The van der Waals surface area contributed by atoms with Crippen molar-refractivity contribution >= 4 is 33.4 Å². The standard InChI is InChI=1S/C22H20N2O4S/c1-4-13-24-18-12-9-16(21(26)28-6-3)14-19(18)29-22(24)23-20(25)15-7-10-17(11-8-15)27-5-2/h1,7-12,14H,5-6,13H2,2-3H3. The third-order valence-corrected chi connectivity index (χ3v) is 5.09. The molecule has 6 nitrogen and oxygen atoms in total. The molecule has 0 atom stereocenters. The normalized spacial score (nSPS) is 11.3. The van der Waals surface area contributed by atoms with E-state index in [-0.39, 0.29) is 12.5 Å². The lowest BCUT2D eigenvalue weighted by atomic mass is 10.2. The van der Waals surface area contributed by atoms with E-state index in [0.29, 0.717) is 34.9 Å². The van der Waals surface area contributed by atoms with E-state index in [4.69, 9.17) is 15.9 Å². The van der Waals surface area contributed by atoms with E-state index in [0.717, 1.165) is 10.2 Å². The molecule has 0 fully saturated rings. The van der Waals surface area contributed by atoms with Gasteiger partial charge in [-0.1, -0.05) is 17.3 Å². The second-order valence-corrected chi connectivity index (χ2v) is 6.96. The molecule has 148 valence electrons. The fourth-order valence-corrected chi connectivity index (χ4v) is 3.82. The first-order chi connectivity index (χ1) is 14.1. The van der Waals surface area contributed by atoms with E-state index in [9.17, 15) is 9.59 Å². The van der Waals surface area contributed by atoms with E-state index in [1.807, 2.05) is 6.92 Å². The molecule has 0 unspecified atom stereocenters. The molecule has 0 N–H and O–H groups in total. The summed E-state index contributed by atoms with van der Waals surface area (Å²) in [5.74, 6) is 2.51. The number of thiazole rings is 1. The van der Waals surface area contributed by atoms with Gasteiger partial charge < -0.3 is 14.0 Å². The van der Waals surface area contributed by atoms with E-state index in [1.165, 1.54) is 11.3 Å². The first-order valence-electron chi connectivity index (χ1n) is 9.13. The molecule has 0 radical (unpaired) electrons. The number of amides is 1. The molecule has 0 spiro atoms. The summed E-state index contributed by atoms with van der Waals surface area (Å²) < 4.78 is 13.0. The summed E-state index contributed by atoms with van der Waals surface area (Å²) in [4.78, 5) is 29.4. The zero-order valence-corrected chi connectivity index (χ0v) is 17.0. The van der Waals surface area contributed by atoms with Crippen molar-refractivity contribution < 1.29 is 19.1 Å². The molecule has 1 amide bonds. The van der Waals surface area contributed by atoms with Crippen LogP contribution in [0.3, 0.4) is 0 Å². The summed E-state index contributed by atoms with van der Waals surface area (Å²) in [6.07, 6.45) is 5.50. The Bertz CT molecular complexity index is 1150. The van der Waals surface area contributed by atoms with Crippen LogP contribution in [0.25, 0.3) is 10.2 Å².